The van der Waals surface area contributed by atoms with Crippen LogP contribution >= 0.6 is 22.9 Å². The average Bonchev–Trinajstić information content (AvgIpc) is 2.48. The van der Waals surface area contributed by atoms with Crippen LogP contribution in [0.15, 0.2) is 6.07 Å². The van der Waals surface area contributed by atoms with Crippen LogP contribution in [0, 0.1) is 5.38 Å². The molecule has 1 aromatic heterocycles. The van der Waals surface area contributed by atoms with Crippen LogP contribution in [0.1, 0.15) is 17.3 Å². The van der Waals surface area contributed by atoms with Gasteiger partial charge in [0, 0.05) is 39.6 Å². The molecule has 0 atom stereocenters. The van der Waals surface area contributed by atoms with Gasteiger partial charge in [-0.2, -0.15) is 22.5 Å². The number of halogens is 1. The van der Waals surface area contributed by atoms with E-state index in [0.717, 1.165) is 11.3 Å². The molecule has 1 heterocycles. The summed E-state index contributed by atoms with van der Waals surface area (Å²) in [7, 11) is 0. The quantitative estimate of drug-likeness (QED) is 0.270. The van der Waals surface area contributed by atoms with E-state index < -0.39 is 0 Å². The van der Waals surface area contributed by atoms with Crippen LogP contribution in [0.4, 0.5) is 0 Å². The van der Waals surface area contributed by atoms with Gasteiger partial charge in [-0.1, -0.05) is 9.90 Å². The first-order chi connectivity index (χ1) is 5.66. The Hall–Kier alpha value is 0.144. The first kappa shape index (κ1) is 13.1. The Labute approximate surface area is 110 Å². The van der Waals surface area contributed by atoms with E-state index >= 15 is 0 Å². The summed E-state index contributed by atoms with van der Waals surface area (Å²) in [4.78, 5) is 14.1. The molecule has 0 aliphatic heterocycles. The zero-order valence-electron chi connectivity index (χ0n) is 6.74. The van der Waals surface area contributed by atoms with Crippen LogP contribution in [0.2, 0.25) is 4.34 Å². The Bertz CT molecular complexity index is 370. The van der Waals surface area contributed by atoms with E-state index in [1.807, 2.05) is 0 Å². The van der Waals surface area contributed by atoms with Crippen molar-refractivity contribution < 1.29 is 42.3 Å². The van der Waals surface area contributed by atoms with E-state index in [9.17, 15) is 4.79 Å². The monoisotopic (exact) mass is 288 g/mol. The molecule has 1 aromatic rings. The van der Waals surface area contributed by atoms with Gasteiger partial charge in [0.1, 0.15) is 0 Å². The van der Waals surface area contributed by atoms with Crippen molar-refractivity contribution in [2.24, 2.45) is 0 Å². The van der Waals surface area contributed by atoms with Gasteiger partial charge in [-0.3, -0.25) is 16.1 Å². The summed E-state index contributed by atoms with van der Waals surface area (Å²) in [6.45, 7) is 1.41. The molecule has 0 aromatic carbocycles. The molecule has 1 rings (SSSR count). The van der Waals surface area contributed by atoms with Gasteiger partial charge in [-0.05, 0) is 0 Å². The molecule has 13 heavy (non-hydrogen) atoms. The van der Waals surface area contributed by atoms with Crippen molar-refractivity contribution in [2.45, 2.75) is 6.92 Å². The molecule has 1 radical (unpaired) electrons. The molecule has 0 N–H and O–H groups in total. The molecule has 0 saturated heterocycles. The smallest absolute Gasteiger partial charge is 0.322 e. The van der Waals surface area contributed by atoms with Crippen LogP contribution in [-0.2, 0) is 32.7 Å². The number of nitrogens with zero attached hydrogens (tertiary/aromatic N) is 2. The second kappa shape index (κ2) is 5.79. The van der Waals surface area contributed by atoms with Crippen LogP contribution in [0.5, 0.6) is 0 Å². The Morgan fingerprint density at radius 2 is 2.38 bits per heavy atom. The Morgan fingerprint density at radius 1 is 1.77 bits per heavy atom. The minimum Gasteiger partial charge on any atom is -0.361 e. The SMILES string of the molecule is CC(=[N+]=[N-])C(=O)c1c[c-]sc1Cl.[Y]. The summed E-state index contributed by atoms with van der Waals surface area (Å²) >= 11 is 6.81. The van der Waals surface area contributed by atoms with Crippen molar-refractivity contribution in [3.8, 4) is 0 Å². The van der Waals surface area contributed by atoms with E-state index in [1.54, 1.807) is 0 Å². The summed E-state index contributed by atoms with van der Waals surface area (Å²) in [6.07, 6.45) is 0. The average molecular weight is 289 g/mol. The third-order valence-corrected chi connectivity index (χ3v) is 2.36. The third kappa shape index (κ3) is 3.08. The fourth-order valence-corrected chi connectivity index (χ4v) is 1.46. The number of hydrogen-bond acceptors (Lipinski definition) is 2. The zero-order valence-corrected chi connectivity index (χ0v) is 11.2. The van der Waals surface area contributed by atoms with Crippen molar-refractivity contribution in [2.75, 3.05) is 0 Å². The number of hydrogen-bond donors (Lipinski definition) is 0. The van der Waals surface area contributed by atoms with Gasteiger partial charge in [0.25, 0.3) is 0 Å². The summed E-state index contributed by atoms with van der Waals surface area (Å²) < 4.78 is 0.364. The molecule has 0 fully saturated rings. The predicted octanol–water partition coefficient (Wildman–Crippen LogP) is 2.07. The van der Waals surface area contributed by atoms with Gasteiger partial charge in [-0.25, -0.2) is 0 Å². The molecular formula is C7H4ClN2OSY-. The molecule has 0 bridgehead atoms. The fourth-order valence-electron chi connectivity index (χ4n) is 0.647. The van der Waals surface area contributed by atoms with Crippen molar-refractivity contribution in [3.05, 3.63) is 26.9 Å². The van der Waals surface area contributed by atoms with Crippen LogP contribution < -0.4 is 0 Å². The fraction of sp³-hybridized carbons (Fsp3) is 0.143. The molecule has 0 unspecified atom stereocenters. The second-order valence-electron chi connectivity index (χ2n) is 2.07. The number of Topliss-reactive ketones (excluding diaryl/α,β-unsaturated/α-hetero) is 1. The van der Waals surface area contributed by atoms with Crippen molar-refractivity contribution in [1.29, 1.82) is 0 Å². The maximum atomic E-state index is 11.3. The minimum atomic E-state index is -0.375. The normalized spacial score (nSPS) is 8.46. The Morgan fingerprint density at radius 3 is 2.77 bits per heavy atom. The molecule has 3 nitrogen and oxygen atoms in total. The minimum absolute atomic E-state index is 0. The second-order valence-corrected chi connectivity index (χ2v) is 3.52. The number of thiophene rings is 1. The molecule has 0 aliphatic rings. The number of carbonyl (C=O) groups is 1. The van der Waals surface area contributed by atoms with Crippen LogP contribution in [0.3, 0.4) is 0 Å². The van der Waals surface area contributed by atoms with E-state index in [1.165, 1.54) is 13.0 Å². The number of rotatable bonds is 2. The van der Waals surface area contributed by atoms with Gasteiger partial charge in [0.05, 0.1) is 0 Å². The van der Waals surface area contributed by atoms with E-state index in [4.69, 9.17) is 17.1 Å². The molecule has 0 spiro atoms. The van der Waals surface area contributed by atoms with Gasteiger partial charge >= 0.3 is 5.71 Å². The molecule has 65 valence electrons. The standard InChI is InChI=1S/C7H4ClN2OS.Y/c1-4(10-9)6(11)5-2-3-12-7(5)8;/h2H,1H3;/q-1;. The predicted molar refractivity (Wildman–Crippen MR) is 46.8 cm³/mol. The van der Waals surface area contributed by atoms with Gasteiger partial charge in [0.15, 0.2) is 0 Å². The van der Waals surface area contributed by atoms with Crippen molar-refractivity contribution in [1.82, 2.24) is 0 Å². The topological polar surface area (TPSA) is 53.5 Å². The largest absolute Gasteiger partial charge is 0.361 e. The molecule has 0 amide bonds. The summed E-state index contributed by atoms with van der Waals surface area (Å²) in [5, 5.41) is 2.71. The van der Waals surface area contributed by atoms with E-state index in [0.29, 0.717) is 9.90 Å². The van der Waals surface area contributed by atoms with Gasteiger partial charge < -0.3 is 5.53 Å². The maximum Gasteiger partial charge on any atom is 0.322 e. The zero-order chi connectivity index (χ0) is 9.14. The van der Waals surface area contributed by atoms with Crippen molar-refractivity contribution >= 4 is 34.4 Å². The van der Waals surface area contributed by atoms with E-state index in [-0.39, 0.29) is 44.2 Å². The van der Waals surface area contributed by atoms with Crippen LogP contribution in [-0.4, -0.2) is 16.3 Å². The molecule has 0 aliphatic carbocycles. The first-order valence-corrected chi connectivity index (χ1v) is 4.25. The summed E-state index contributed by atoms with van der Waals surface area (Å²) in [6, 6.07) is 1.48. The van der Waals surface area contributed by atoms with Crippen LogP contribution in [0.25, 0.3) is 5.53 Å². The molecule has 0 saturated carbocycles. The summed E-state index contributed by atoms with van der Waals surface area (Å²) in [5.74, 6) is -0.375. The molecule has 6 heteroatoms. The Balaban J connectivity index is 0.00000144. The first-order valence-electron chi connectivity index (χ1n) is 3.05. The van der Waals surface area contributed by atoms with Crippen molar-refractivity contribution in [3.63, 3.8) is 0 Å². The van der Waals surface area contributed by atoms with Gasteiger partial charge in [-0.15, -0.1) is 5.38 Å². The van der Waals surface area contributed by atoms with E-state index in [2.05, 4.69) is 10.2 Å². The molecular weight excluding hydrogens is 285 g/mol. The Kier molecular flexibility index (Phi) is 5.85. The third-order valence-electron chi connectivity index (χ3n) is 1.29. The van der Waals surface area contributed by atoms with Gasteiger partial charge in [0.2, 0.25) is 5.78 Å². The number of carbonyl (C=O) groups excluding carboxylic acids is 1. The summed E-state index contributed by atoms with van der Waals surface area (Å²) in [5.41, 5.74) is 8.66. The number of ketones is 1. The maximum absolute atomic E-state index is 11.3.